The fraction of sp³-hybridized carbons (Fsp3) is 0.700. The van der Waals surface area contributed by atoms with E-state index in [1.54, 1.807) is 0 Å². The highest BCUT2D eigenvalue weighted by Gasteiger charge is 2.15. The van der Waals surface area contributed by atoms with Gasteiger partial charge >= 0.3 is 0 Å². The molecular formula is C20H32N2. The van der Waals surface area contributed by atoms with E-state index in [0.29, 0.717) is 0 Å². The van der Waals surface area contributed by atoms with Gasteiger partial charge in [-0.1, -0.05) is 37.6 Å². The van der Waals surface area contributed by atoms with E-state index in [4.69, 9.17) is 0 Å². The van der Waals surface area contributed by atoms with Crippen LogP contribution in [-0.4, -0.2) is 42.5 Å². The molecule has 0 aliphatic carbocycles. The number of likely N-dealkylation sites (tertiary alicyclic amines) is 2. The third-order valence-corrected chi connectivity index (χ3v) is 5.47. The molecule has 22 heavy (non-hydrogen) atoms. The number of hydrogen-bond acceptors (Lipinski definition) is 2. The van der Waals surface area contributed by atoms with Crippen LogP contribution < -0.4 is 0 Å². The highest BCUT2D eigenvalue weighted by atomic mass is 15.1. The Morgan fingerprint density at radius 3 is 2.14 bits per heavy atom. The molecule has 3 rings (SSSR count). The van der Waals surface area contributed by atoms with Crippen LogP contribution in [0.4, 0.5) is 0 Å². The first-order chi connectivity index (χ1) is 10.8. The summed E-state index contributed by atoms with van der Waals surface area (Å²) in [5, 5.41) is 0. The van der Waals surface area contributed by atoms with Gasteiger partial charge in [0.15, 0.2) is 0 Å². The van der Waals surface area contributed by atoms with Crippen molar-refractivity contribution in [3.05, 3.63) is 35.4 Å². The topological polar surface area (TPSA) is 6.48 Å². The molecule has 2 nitrogen and oxygen atoms in total. The summed E-state index contributed by atoms with van der Waals surface area (Å²) in [6.07, 6.45) is 8.17. The summed E-state index contributed by atoms with van der Waals surface area (Å²) < 4.78 is 0. The molecular weight excluding hydrogens is 268 g/mol. The molecule has 0 saturated carbocycles. The number of nitrogens with zero attached hydrogens (tertiary/aromatic N) is 2. The highest BCUT2D eigenvalue weighted by Crippen LogP contribution is 2.18. The van der Waals surface area contributed by atoms with E-state index in [9.17, 15) is 0 Å². The zero-order valence-electron chi connectivity index (χ0n) is 14.3. The molecule has 0 bridgehead atoms. The molecule has 2 aliphatic rings. The summed E-state index contributed by atoms with van der Waals surface area (Å²) in [4.78, 5) is 5.25. The number of rotatable bonds is 5. The Hall–Kier alpha value is -0.860. The minimum Gasteiger partial charge on any atom is -0.303 e. The van der Waals surface area contributed by atoms with Crippen LogP contribution in [0.2, 0.25) is 0 Å². The summed E-state index contributed by atoms with van der Waals surface area (Å²) in [6.45, 7) is 9.93. The maximum Gasteiger partial charge on any atom is 0.0233 e. The minimum absolute atomic E-state index is 0.924. The Kier molecular flexibility index (Phi) is 5.91. The van der Waals surface area contributed by atoms with Crippen molar-refractivity contribution in [2.75, 3.05) is 32.7 Å². The lowest BCUT2D eigenvalue weighted by Gasteiger charge is -2.30. The summed E-state index contributed by atoms with van der Waals surface area (Å²) in [5.74, 6) is 0.924. The van der Waals surface area contributed by atoms with Crippen molar-refractivity contribution in [1.29, 1.82) is 0 Å². The molecule has 2 heterocycles. The van der Waals surface area contributed by atoms with E-state index in [2.05, 4.69) is 41.0 Å². The van der Waals surface area contributed by atoms with Gasteiger partial charge in [0, 0.05) is 13.1 Å². The van der Waals surface area contributed by atoms with Crippen LogP contribution in [0.15, 0.2) is 24.3 Å². The Bertz CT molecular complexity index is 426. The predicted molar refractivity (Wildman–Crippen MR) is 94.1 cm³/mol. The molecule has 2 heteroatoms. The molecule has 0 spiro atoms. The first kappa shape index (κ1) is 16.0. The van der Waals surface area contributed by atoms with Crippen LogP contribution in [0, 0.1) is 5.92 Å². The molecule has 1 aromatic rings. The van der Waals surface area contributed by atoms with Gasteiger partial charge in [0.1, 0.15) is 0 Å². The van der Waals surface area contributed by atoms with Gasteiger partial charge in [-0.3, -0.25) is 4.90 Å². The van der Waals surface area contributed by atoms with Gasteiger partial charge < -0.3 is 4.90 Å². The van der Waals surface area contributed by atoms with Crippen LogP contribution in [0.1, 0.15) is 50.2 Å². The lowest BCUT2D eigenvalue weighted by molar-refractivity contribution is 0.185. The first-order valence-electron chi connectivity index (χ1n) is 9.32. The predicted octanol–water partition coefficient (Wildman–Crippen LogP) is 3.95. The molecule has 0 unspecified atom stereocenters. The van der Waals surface area contributed by atoms with Crippen molar-refractivity contribution in [2.45, 2.75) is 52.0 Å². The summed E-state index contributed by atoms with van der Waals surface area (Å²) in [5.41, 5.74) is 2.98. The van der Waals surface area contributed by atoms with Crippen molar-refractivity contribution < 1.29 is 0 Å². The fourth-order valence-corrected chi connectivity index (χ4v) is 3.76. The summed E-state index contributed by atoms with van der Waals surface area (Å²) >= 11 is 0. The number of hydrogen-bond donors (Lipinski definition) is 0. The largest absolute Gasteiger partial charge is 0.303 e. The third kappa shape index (κ3) is 4.82. The summed E-state index contributed by atoms with van der Waals surface area (Å²) in [6, 6.07) is 9.41. The van der Waals surface area contributed by atoms with Gasteiger partial charge in [-0.15, -0.1) is 0 Å². The van der Waals surface area contributed by atoms with Crippen LogP contribution >= 0.6 is 0 Å². The smallest absolute Gasteiger partial charge is 0.0233 e. The van der Waals surface area contributed by atoms with Crippen molar-refractivity contribution in [3.8, 4) is 0 Å². The quantitative estimate of drug-likeness (QED) is 0.812. The normalized spacial score (nSPS) is 22.0. The maximum absolute atomic E-state index is 2.63. The Morgan fingerprint density at radius 1 is 0.818 bits per heavy atom. The van der Waals surface area contributed by atoms with E-state index in [1.807, 2.05) is 0 Å². The maximum atomic E-state index is 2.63. The van der Waals surface area contributed by atoms with E-state index < -0.39 is 0 Å². The van der Waals surface area contributed by atoms with Crippen LogP contribution in [0.25, 0.3) is 0 Å². The average Bonchev–Trinajstić information content (AvgIpc) is 2.57. The second-order valence-corrected chi connectivity index (χ2v) is 7.43. The zero-order valence-corrected chi connectivity index (χ0v) is 14.3. The minimum atomic E-state index is 0.924. The van der Waals surface area contributed by atoms with Gasteiger partial charge in [0.05, 0.1) is 0 Å². The van der Waals surface area contributed by atoms with E-state index in [-0.39, 0.29) is 0 Å². The third-order valence-electron chi connectivity index (χ3n) is 5.47. The van der Waals surface area contributed by atoms with Crippen LogP contribution in [-0.2, 0) is 13.0 Å². The van der Waals surface area contributed by atoms with Gasteiger partial charge in [-0.2, -0.15) is 0 Å². The van der Waals surface area contributed by atoms with Crippen molar-refractivity contribution in [3.63, 3.8) is 0 Å². The molecule has 2 saturated heterocycles. The Balaban J connectivity index is 1.43. The van der Waals surface area contributed by atoms with Crippen molar-refractivity contribution >= 4 is 0 Å². The van der Waals surface area contributed by atoms with Gasteiger partial charge in [-0.25, -0.2) is 0 Å². The molecule has 0 atom stereocenters. The van der Waals surface area contributed by atoms with E-state index in [1.165, 1.54) is 82.4 Å². The highest BCUT2D eigenvalue weighted by molar-refractivity contribution is 5.22. The molecule has 0 amide bonds. The number of benzene rings is 1. The van der Waals surface area contributed by atoms with Crippen molar-refractivity contribution in [1.82, 2.24) is 9.80 Å². The monoisotopic (exact) mass is 300 g/mol. The lowest BCUT2D eigenvalue weighted by Crippen LogP contribution is -2.32. The fourth-order valence-electron chi connectivity index (χ4n) is 3.76. The zero-order chi connectivity index (χ0) is 15.2. The second-order valence-electron chi connectivity index (χ2n) is 7.43. The van der Waals surface area contributed by atoms with Gasteiger partial charge in [0.2, 0.25) is 0 Å². The molecule has 2 fully saturated rings. The Labute approximate surface area is 136 Å². The molecule has 1 aromatic carbocycles. The average molecular weight is 300 g/mol. The van der Waals surface area contributed by atoms with Crippen LogP contribution in [0.3, 0.4) is 0 Å². The molecule has 0 radical (unpaired) electrons. The molecule has 0 N–H and O–H groups in total. The van der Waals surface area contributed by atoms with Crippen molar-refractivity contribution in [2.24, 2.45) is 5.92 Å². The molecule has 0 aromatic heterocycles. The molecule has 2 aliphatic heterocycles. The summed E-state index contributed by atoms with van der Waals surface area (Å²) in [7, 11) is 0. The van der Waals surface area contributed by atoms with Gasteiger partial charge in [0.25, 0.3) is 0 Å². The van der Waals surface area contributed by atoms with Gasteiger partial charge in [-0.05, 0) is 75.3 Å². The first-order valence-corrected chi connectivity index (χ1v) is 9.32. The van der Waals surface area contributed by atoms with E-state index >= 15 is 0 Å². The Morgan fingerprint density at radius 2 is 1.45 bits per heavy atom. The van der Waals surface area contributed by atoms with E-state index in [0.717, 1.165) is 12.5 Å². The second kappa shape index (κ2) is 8.12. The molecule has 122 valence electrons. The SMILES string of the molecule is CC1CCN(Cc2ccc(CCN3CCCCC3)cc2)CC1. The number of piperidine rings is 2. The lowest BCUT2D eigenvalue weighted by atomic mass is 9.98. The standard InChI is InChI=1S/C20H32N2/c1-18-9-14-22(15-10-18)17-20-7-5-19(6-8-20)11-16-21-12-3-2-4-13-21/h5-8,18H,2-4,9-17H2,1H3. The van der Waals surface area contributed by atoms with Crippen LogP contribution in [0.5, 0.6) is 0 Å².